The summed E-state index contributed by atoms with van der Waals surface area (Å²) >= 11 is 3.96. The van der Waals surface area contributed by atoms with Crippen LogP contribution in [0.4, 0.5) is 0 Å². The molecule has 1 saturated heterocycles. The fourth-order valence-electron chi connectivity index (χ4n) is 2.86. The maximum atomic E-state index is 12.4. The lowest BCUT2D eigenvalue weighted by Crippen LogP contribution is -2.22. The summed E-state index contributed by atoms with van der Waals surface area (Å²) in [7, 11) is 0. The molecule has 0 aliphatic carbocycles. The lowest BCUT2D eigenvalue weighted by atomic mass is 10.1. The number of oxazole rings is 1. The van der Waals surface area contributed by atoms with E-state index >= 15 is 0 Å². The summed E-state index contributed by atoms with van der Waals surface area (Å²) in [5, 5.41) is 2.87. The smallest absolute Gasteiger partial charge is 0.251 e. The van der Waals surface area contributed by atoms with E-state index in [1.807, 2.05) is 66.0 Å². The van der Waals surface area contributed by atoms with Gasteiger partial charge in [-0.05, 0) is 35.6 Å². The molecule has 2 heterocycles. The van der Waals surface area contributed by atoms with Crippen LogP contribution in [0.3, 0.4) is 0 Å². The van der Waals surface area contributed by atoms with Crippen molar-refractivity contribution in [2.45, 2.75) is 17.5 Å². The molecule has 1 fully saturated rings. The first-order valence-electron chi connectivity index (χ1n) is 8.91. The minimum Gasteiger partial charge on any atom is -0.439 e. The van der Waals surface area contributed by atoms with E-state index in [1.165, 1.54) is 23.5 Å². The summed E-state index contributed by atoms with van der Waals surface area (Å²) in [5.41, 5.74) is 2.90. The van der Waals surface area contributed by atoms with Crippen LogP contribution in [0, 0.1) is 0 Å². The Hall–Kier alpha value is -2.18. The van der Waals surface area contributed by atoms with Crippen molar-refractivity contribution >= 4 is 29.4 Å². The minimum atomic E-state index is -0.120. The Labute approximate surface area is 167 Å². The molecule has 2 aromatic carbocycles. The summed E-state index contributed by atoms with van der Waals surface area (Å²) in [6, 6.07) is 17.7. The van der Waals surface area contributed by atoms with Crippen molar-refractivity contribution in [2.75, 3.05) is 11.5 Å². The maximum absolute atomic E-state index is 12.4. The van der Waals surface area contributed by atoms with Crippen molar-refractivity contribution in [2.24, 2.45) is 0 Å². The lowest BCUT2D eigenvalue weighted by molar-refractivity contribution is 0.0947. The Kier molecular flexibility index (Phi) is 5.84. The summed E-state index contributed by atoms with van der Waals surface area (Å²) in [6.45, 7) is 0.266. The molecule has 0 bridgehead atoms. The second kappa shape index (κ2) is 8.67. The average molecular weight is 397 g/mol. The lowest BCUT2D eigenvalue weighted by Gasteiger charge is -2.21. The van der Waals surface area contributed by atoms with Gasteiger partial charge in [-0.3, -0.25) is 4.79 Å². The van der Waals surface area contributed by atoms with Crippen LogP contribution in [0.2, 0.25) is 0 Å². The average Bonchev–Trinajstić information content (AvgIpc) is 3.22. The molecule has 138 valence electrons. The highest BCUT2D eigenvalue weighted by atomic mass is 32.2. The first-order valence-corrected chi connectivity index (χ1v) is 11.0. The number of amides is 1. The van der Waals surface area contributed by atoms with Gasteiger partial charge in [0.2, 0.25) is 5.89 Å². The zero-order valence-corrected chi connectivity index (χ0v) is 16.4. The first kappa shape index (κ1) is 18.2. The number of nitrogens with zero attached hydrogens (tertiary/aromatic N) is 1. The number of hydrogen-bond donors (Lipinski definition) is 1. The third-order valence-corrected chi connectivity index (χ3v) is 7.30. The molecule has 1 amide bonds. The second-order valence-electron chi connectivity index (χ2n) is 6.22. The highest BCUT2D eigenvalue weighted by Gasteiger charge is 2.17. The SMILES string of the molecule is O=C(NCc1ncc(-c2ccccc2)o1)c1ccc(C2SCCCS2)cc1. The predicted molar refractivity (Wildman–Crippen MR) is 112 cm³/mol. The highest BCUT2D eigenvalue weighted by molar-refractivity contribution is 8.16. The van der Waals surface area contributed by atoms with Gasteiger partial charge in [0.05, 0.1) is 17.3 Å². The van der Waals surface area contributed by atoms with Crippen molar-refractivity contribution in [3.05, 3.63) is 77.8 Å². The minimum absolute atomic E-state index is 0.120. The molecule has 3 aromatic rings. The number of benzene rings is 2. The van der Waals surface area contributed by atoms with Gasteiger partial charge in [0.15, 0.2) is 5.76 Å². The third-order valence-electron chi connectivity index (χ3n) is 4.28. The number of carbonyl (C=O) groups excluding carboxylic acids is 1. The Bertz CT molecular complexity index is 888. The summed E-state index contributed by atoms with van der Waals surface area (Å²) in [4.78, 5) is 16.6. The van der Waals surface area contributed by atoms with Gasteiger partial charge in [-0.1, -0.05) is 42.5 Å². The Balaban J connectivity index is 1.35. The van der Waals surface area contributed by atoms with Crippen LogP contribution in [-0.2, 0) is 6.54 Å². The monoisotopic (exact) mass is 396 g/mol. The molecular weight excluding hydrogens is 376 g/mol. The number of aromatic nitrogens is 1. The van der Waals surface area contributed by atoms with Crippen LogP contribution in [0.25, 0.3) is 11.3 Å². The molecule has 1 aliphatic heterocycles. The Morgan fingerprint density at radius 2 is 1.81 bits per heavy atom. The van der Waals surface area contributed by atoms with Crippen LogP contribution < -0.4 is 5.32 Å². The molecule has 0 atom stereocenters. The van der Waals surface area contributed by atoms with Crippen LogP contribution >= 0.6 is 23.5 Å². The molecule has 1 aliphatic rings. The van der Waals surface area contributed by atoms with E-state index in [2.05, 4.69) is 22.4 Å². The molecule has 1 N–H and O–H groups in total. The van der Waals surface area contributed by atoms with Gasteiger partial charge in [-0.2, -0.15) is 0 Å². The molecule has 0 radical (unpaired) electrons. The van der Waals surface area contributed by atoms with E-state index in [1.54, 1.807) is 6.20 Å². The predicted octanol–water partition coefficient (Wildman–Crippen LogP) is 5.14. The number of thioether (sulfide) groups is 2. The molecule has 1 aromatic heterocycles. The molecule has 0 saturated carbocycles. The molecule has 6 heteroatoms. The van der Waals surface area contributed by atoms with Crippen LogP contribution in [0.1, 0.15) is 32.8 Å². The summed E-state index contributed by atoms with van der Waals surface area (Å²) in [6.07, 6.45) is 2.96. The second-order valence-corrected chi connectivity index (χ2v) is 8.94. The van der Waals surface area contributed by atoms with Crippen molar-refractivity contribution < 1.29 is 9.21 Å². The maximum Gasteiger partial charge on any atom is 0.251 e. The highest BCUT2D eigenvalue weighted by Crippen LogP contribution is 2.43. The normalized spacial score (nSPS) is 14.8. The van der Waals surface area contributed by atoms with Gasteiger partial charge in [0.1, 0.15) is 0 Å². The van der Waals surface area contributed by atoms with Crippen LogP contribution in [-0.4, -0.2) is 22.4 Å². The number of carbonyl (C=O) groups is 1. The van der Waals surface area contributed by atoms with Crippen LogP contribution in [0.5, 0.6) is 0 Å². The Morgan fingerprint density at radius 3 is 2.56 bits per heavy atom. The van der Waals surface area contributed by atoms with Gasteiger partial charge >= 0.3 is 0 Å². The van der Waals surface area contributed by atoms with Gasteiger partial charge in [0.25, 0.3) is 5.91 Å². The number of hydrogen-bond acceptors (Lipinski definition) is 5. The van der Waals surface area contributed by atoms with Gasteiger partial charge in [0, 0.05) is 11.1 Å². The fourth-order valence-corrected chi connectivity index (χ4v) is 5.75. The first-order chi connectivity index (χ1) is 13.3. The molecule has 0 spiro atoms. The van der Waals surface area contributed by atoms with Crippen molar-refractivity contribution in [3.63, 3.8) is 0 Å². The zero-order valence-electron chi connectivity index (χ0n) is 14.8. The topological polar surface area (TPSA) is 55.1 Å². The van der Waals surface area contributed by atoms with E-state index in [9.17, 15) is 4.79 Å². The van der Waals surface area contributed by atoms with Crippen molar-refractivity contribution in [3.8, 4) is 11.3 Å². The molecule has 27 heavy (non-hydrogen) atoms. The van der Waals surface area contributed by atoms with Crippen molar-refractivity contribution in [1.82, 2.24) is 10.3 Å². The quantitative estimate of drug-likeness (QED) is 0.647. The van der Waals surface area contributed by atoms with E-state index in [0.29, 0.717) is 21.8 Å². The van der Waals surface area contributed by atoms with Gasteiger partial charge in [-0.25, -0.2) is 4.98 Å². The largest absolute Gasteiger partial charge is 0.439 e. The van der Waals surface area contributed by atoms with E-state index in [-0.39, 0.29) is 12.5 Å². The van der Waals surface area contributed by atoms with Crippen LogP contribution in [0.15, 0.2) is 65.2 Å². The molecule has 4 nitrogen and oxygen atoms in total. The Morgan fingerprint density at radius 1 is 1.07 bits per heavy atom. The molecule has 0 unspecified atom stereocenters. The fraction of sp³-hybridized carbons (Fsp3) is 0.238. The van der Waals surface area contributed by atoms with E-state index in [4.69, 9.17) is 4.42 Å². The van der Waals surface area contributed by atoms with Gasteiger partial charge in [-0.15, -0.1) is 23.5 Å². The van der Waals surface area contributed by atoms with Crippen molar-refractivity contribution in [1.29, 1.82) is 0 Å². The van der Waals surface area contributed by atoms with E-state index < -0.39 is 0 Å². The standard InChI is InChI=1S/C21H20N2O2S2/c24-20(16-7-9-17(10-8-16)21-26-11-4-12-27-21)23-14-19-22-13-18(25-19)15-5-2-1-3-6-15/h1-3,5-10,13,21H,4,11-12,14H2,(H,23,24). The molecule has 4 rings (SSSR count). The molecular formula is C21H20N2O2S2. The summed E-state index contributed by atoms with van der Waals surface area (Å²) < 4.78 is 6.21. The zero-order chi connectivity index (χ0) is 18.5. The third kappa shape index (κ3) is 4.57. The summed E-state index contributed by atoms with van der Waals surface area (Å²) in [5.74, 6) is 3.49. The van der Waals surface area contributed by atoms with Gasteiger partial charge < -0.3 is 9.73 Å². The number of rotatable bonds is 5. The van der Waals surface area contributed by atoms with E-state index in [0.717, 1.165) is 5.56 Å². The number of nitrogens with one attached hydrogen (secondary N) is 1.